The first-order valence-electron chi connectivity index (χ1n) is 7.07. The van der Waals surface area contributed by atoms with Gasteiger partial charge in [0, 0.05) is 25.0 Å². The van der Waals surface area contributed by atoms with Crippen molar-refractivity contribution in [3.63, 3.8) is 0 Å². The monoisotopic (exact) mass is 331 g/mol. The Bertz CT molecular complexity index is 536. The molecule has 0 aliphatic rings. The molecule has 106 valence electrons. The zero-order valence-electron chi connectivity index (χ0n) is 12.3. The second-order valence-electron chi connectivity index (χ2n) is 5.30. The topological polar surface area (TPSA) is 3.24 Å². The molecular formula is C18H22BrN. The third kappa shape index (κ3) is 4.46. The second-order valence-corrected chi connectivity index (χ2v) is 6.10. The largest absolute Gasteiger partial charge is 0.294 e. The summed E-state index contributed by atoms with van der Waals surface area (Å²) in [6.07, 6.45) is 0. The highest BCUT2D eigenvalue weighted by atomic mass is 79.9. The second kappa shape index (κ2) is 7.61. The average molecular weight is 332 g/mol. The van der Waals surface area contributed by atoms with Crippen LogP contribution in [0.15, 0.2) is 48.5 Å². The van der Waals surface area contributed by atoms with Gasteiger partial charge in [-0.1, -0.05) is 64.5 Å². The van der Waals surface area contributed by atoms with Crippen LogP contribution >= 0.6 is 15.9 Å². The van der Waals surface area contributed by atoms with Crippen LogP contribution in [-0.2, 0) is 13.1 Å². The normalized spacial score (nSPS) is 11.0. The summed E-state index contributed by atoms with van der Waals surface area (Å²) in [5, 5.41) is 1.00. The maximum Gasteiger partial charge on any atom is 0.0237 e. The Kier molecular flexibility index (Phi) is 5.81. The van der Waals surface area contributed by atoms with Crippen LogP contribution in [0, 0.1) is 13.8 Å². The summed E-state index contributed by atoms with van der Waals surface area (Å²) >= 11 is 3.56. The van der Waals surface area contributed by atoms with Crippen LogP contribution in [0.25, 0.3) is 0 Å². The SMILES string of the molecule is Cc1ccc(CN(CCBr)Cc2ccccc2)cc1C. The van der Waals surface area contributed by atoms with Crippen molar-refractivity contribution in [1.29, 1.82) is 0 Å². The first kappa shape index (κ1) is 15.3. The summed E-state index contributed by atoms with van der Waals surface area (Å²) < 4.78 is 0. The fraction of sp³-hybridized carbons (Fsp3) is 0.333. The maximum atomic E-state index is 3.56. The van der Waals surface area contributed by atoms with Gasteiger partial charge in [-0.2, -0.15) is 0 Å². The third-order valence-electron chi connectivity index (χ3n) is 3.63. The lowest BCUT2D eigenvalue weighted by atomic mass is 10.1. The van der Waals surface area contributed by atoms with E-state index in [1.54, 1.807) is 0 Å². The van der Waals surface area contributed by atoms with Crippen molar-refractivity contribution in [3.05, 3.63) is 70.8 Å². The minimum atomic E-state index is 0.999. The lowest BCUT2D eigenvalue weighted by Gasteiger charge is -2.22. The zero-order chi connectivity index (χ0) is 14.4. The molecule has 0 aromatic heterocycles. The van der Waals surface area contributed by atoms with Crippen molar-refractivity contribution in [2.45, 2.75) is 26.9 Å². The van der Waals surface area contributed by atoms with Gasteiger partial charge in [-0.15, -0.1) is 0 Å². The number of hydrogen-bond donors (Lipinski definition) is 0. The number of alkyl halides is 1. The van der Waals surface area contributed by atoms with Crippen LogP contribution in [0.1, 0.15) is 22.3 Å². The molecule has 0 saturated heterocycles. The smallest absolute Gasteiger partial charge is 0.0237 e. The Labute approximate surface area is 130 Å². The lowest BCUT2D eigenvalue weighted by Crippen LogP contribution is -2.24. The van der Waals surface area contributed by atoms with E-state index in [0.717, 1.165) is 25.0 Å². The van der Waals surface area contributed by atoms with Crippen molar-refractivity contribution in [2.24, 2.45) is 0 Å². The molecule has 0 heterocycles. The predicted octanol–water partition coefficient (Wildman–Crippen LogP) is 4.70. The molecule has 0 atom stereocenters. The molecule has 0 aliphatic heterocycles. The van der Waals surface area contributed by atoms with E-state index in [0.29, 0.717) is 0 Å². The Balaban J connectivity index is 2.06. The van der Waals surface area contributed by atoms with Gasteiger partial charge in [0.1, 0.15) is 0 Å². The van der Waals surface area contributed by atoms with Gasteiger partial charge in [-0.3, -0.25) is 4.90 Å². The zero-order valence-corrected chi connectivity index (χ0v) is 13.9. The molecule has 0 unspecified atom stereocenters. The van der Waals surface area contributed by atoms with Gasteiger partial charge < -0.3 is 0 Å². The highest BCUT2D eigenvalue weighted by Gasteiger charge is 2.07. The van der Waals surface area contributed by atoms with Crippen molar-refractivity contribution in [1.82, 2.24) is 4.90 Å². The van der Waals surface area contributed by atoms with E-state index in [1.807, 2.05) is 0 Å². The fourth-order valence-corrected chi connectivity index (χ4v) is 2.84. The molecule has 0 amide bonds. The average Bonchev–Trinajstić information content (AvgIpc) is 2.44. The van der Waals surface area contributed by atoms with Crippen LogP contribution in [0.5, 0.6) is 0 Å². The lowest BCUT2D eigenvalue weighted by molar-refractivity contribution is 0.274. The molecular weight excluding hydrogens is 310 g/mol. The van der Waals surface area contributed by atoms with Gasteiger partial charge in [0.05, 0.1) is 0 Å². The molecule has 0 bridgehead atoms. The van der Waals surface area contributed by atoms with E-state index in [-0.39, 0.29) is 0 Å². The summed E-state index contributed by atoms with van der Waals surface area (Å²) in [5.74, 6) is 0. The number of benzene rings is 2. The fourth-order valence-electron chi connectivity index (χ4n) is 2.34. The van der Waals surface area contributed by atoms with E-state index in [4.69, 9.17) is 0 Å². The summed E-state index contributed by atoms with van der Waals surface area (Å²) in [6, 6.07) is 17.5. The molecule has 0 saturated carbocycles. The number of aryl methyl sites for hydroxylation is 2. The van der Waals surface area contributed by atoms with Crippen LogP contribution in [-0.4, -0.2) is 16.8 Å². The van der Waals surface area contributed by atoms with Gasteiger partial charge in [0.2, 0.25) is 0 Å². The standard InChI is InChI=1S/C18H22BrN/c1-15-8-9-18(12-16(15)2)14-20(11-10-19)13-17-6-4-3-5-7-17/h3-9,12H,10-11,13-14H2,1-2H3. The van der Waals surface area contributed by atoms with Crippen molar-refractivity contribution in [2.75, 3.05) is 11.9 Å². The Morgan fingerprint density at radius 3 is 2.20 bits per heavy atom. The molecule has 0 fully saturated rings. The summed E-state index contributed by atoms with van der Waals surface area (Å²) in [7, 11) is 0. The molecule has 2 aromatic carbocycles. The number of nitrogens with zero attached hydrogens (tertiary/aromatic N) is 1. The third-order valence-corrected chi connectivity index (χ3v) is 3.98. The van der Waals surface area contributed by atoms with Crippen LogP contribution in [0.4, 0.5) is 0 Å². The molecule has 2 aromatic rings. The molecule has 1 nitrogen and oxygen atoms in total. The first-order valence-corrected chi connectivity index (χ1v) is 8.19. The molecule has 2 heteroatoms. The summed E-state index contributed by atoms with van der Waals surface area (Å²) in [4.78, 5) is 2.48. The van der Waals surface area contributed by atoms with E-state index in [1.165, 1.54) is 22.3 Å². The van der Waals surface area contributed by atoms with E-state index < -0.39 is 0 Å². The minimum Gasteiger partial charge on any atom is -0.294 e. The molecule has 0 spiro atoms. The number of rotatable bonds is 6. The van der Waals surface area contributed by atoms with Crippen LogP contribution in [0.2, 0.25) is 0 Å². The van der Waals surface area contributed by atoms with Crippen LogP contribution in [0.3, 0.4) is 0 Å². The summed E-state index contributed by atoms with van der Waals surface area (Å²) in [5.41, 5.74) is 5.51. The van der Waals surface area contributed by atoms with Gasteiger partial charge in [-0.25, -0.2) is 0 Å². The maximum absolute atomic E-state index is 3.56. The number of halogens is 1. The van der Waals surface area contributed by atoms with Gasteiger partial charge in [-0.05, 0) is 36.1 Å². The van der Waals surface area contributed by atoms with E-state index in [9.17, 15) is 0 Å². The quantitative estimate of drug-likeness (QED) is 0.693. The highest BCUT2D eigenvalue weighted by Crippen LogP contribution is 2.14. The molecule has 0 aliphatic carbocycles. The van der Waals surface area contributed by atoms with E-state index >= 15 is 0 Å². The number of hydrogen-bond acceptors (Lipinski definition) is 1. The van der Waals surface area contributed by atoms with Crippen molar-refractivity contribution >= 4 is 15.9 Å². The highest BCUT2D eigenvalue weighted by molar-refractivity contribution is 9.09. The van der Waals surface area contributed by atoms with Gasteiger partial charge >= 0.3 is 0 Å². The Hall–Kier alpha value is -1.12. The molecule has 0 N–H and O–H groups in total. The molecule has 2 rings (SSSR count). The molecule has 20 heavy (non-hydrogen) atoms. The van der Waals surface area contributed by atoms with Gasteiger partial charge in [0.25, 0.3) is 0 Å². The first-order chi connectivity index (χ1) is 9.69. The van der Waals surface area contributed by atoms with Gasteiger partial charge in [0.15, 0.2) is 0 Å². The van der Waals surface area contributed by atoms with Crippen molar-refractivity contribution in [3.8, 4) is 0 Å². The summed E-state index contributed by atoms with van der Waals surface area (Å²) in [6.45, 7) is 7.41. The Morgan fingerprint density at radius 2 is 1.55 bits per heavy atom. The van der Waals surface area contributed by atoms with Crippen LogP contribution < -0.4 is 0 Å². The molecule has 0 radical (unpaired) electrons. The minimum absolute atomic E-state index is 0.999. The predicted molar refractivity (Wildman–Crippen MR) is 90.3 cm³/mol. The Morgan fingerprint density at radius 1 is 0.850 bits per heavy atom. The van der Waals surface area contributed by atoms with E-state index in [2.05, 4.69) is 83.2 Å². The van der Waals surface area contributed by atoms with Crippen molar-refractivity contribution < 1.29 is 0 Å².